The number of pyridine rings is 1. The molecule has 2 aliphatic heterocycles. The average Bonchev–Trinajstić information content (AvgIpc) is 3.49. The van der Waals surface area contributed by atoms with Crippen LogP contribution in [0.1, 0.15) is 29.2 Å². The van der Waals surface area contributed by atoms with Gasteiger partial charge < -0.3 is 24.3 Å². The molecule has 2 N–H and O–H groups in total. The van der Waals surface area contributed by atoms with E-state index in [1.165, 1.54) is 6.07 Å². The van der Waals surface area contributed by atoms with Gasteiger partial charge in [-0.3, -0.25) is 0 Å². The third kappa shape index (κ3) is 3.35. The summed E-state index contributed by atoms with van der Waals surface area (Å²) in [7, 11) is 0. The molecule has 168 valence electrons. The van der Waals surface area contributed by atoms with Crippen molar-refractivity contribution in [2.45, 2.75) is 49.6 Å². The summed E-state index contributed by atoms with van der Waals surface area (Å²) in [6, 6.07) is 4.31. The Balaban J connectivity index is 1.23. The monoisotopic (exact) mass is 463 g/mol. The summed E-state index contributed by atoms with van der Waals surface area (Å²) in [4.78, 5) is 12.0. The zero-order chi connectivity index (χ0) is 22.0. The lowest BCUT2D eigenvalue weighted by Gasteiger charge is -2.15. The first kappa shape index (κ1) is 20.3. The Hall–Kier alpha value is -2.33. The highest BCUT2D eigenvalue weighted by atomic mass is 35.5. The Bertz CT molecular complexity index is 1210. The van der Waals surface area contributed by atoms with Crippen LogP contribution >= 0.6 is 11.6 Å². The van der Waals surface area contributed by atoms with Crippen LogP contribution < -0.4 is 4.74 Å². The number of hydrogen-bond acceptors (Lipinski definition) is 6. The predicted octanol–water partition coefficient (Wildman–Crippen LogP) is 3.07. The number of aliphatic hydroxyl groups excluding tert-OH is 1. The van der Waals surface area contributed by atoms with E-state index in [0.717, 1.165) is 6.07 Å². The molecule has 10 heteroatoms. The number of ether oxygens (including phenoxy) is 3. The molecule has 0 radical (unpaired) electrons. The first-order valence-electron chi connectivity index (χ1n) is 10.6. The van der Waals surface area contributed by atoms with Crippen LogP contribution in [-0.2, 0) is 22.3 Å². The maximum Gasteiger partial charge on any atom is 0.296 e. The molecule has 0 bridgehead atoms. The minimum atomic E-state index is -0.658. The van der Waals surface area contributed by atoms with Crippen molar-refractivity contribution in [2.24, 2.45) is 0 Å². The summed E-state index contributed by atoms with van der Waals surface area (Å²) in [5.41, 5.74) is 2.89. The largest absolute Gasteiger partial charge is 0.456 e. The van der Waals surface area contributed by atoms with Crippen molar-refractivity contribution in [3.63, 3.8) is 0 Å². The number of rotatable bonds is 4. The molecule has 0 spiro atoms. The van der Waals surface area contributed by atoms with Gasteiger partial charge in [0.05, 0.1) is 29.4 Å². The maximum atomic E-state index is 14.4. The molecule has 7 nitrogen and oxygen atoms in total. The topological polar surface area (TPSA) is 89.5 Å². The standard InChI is InChI=1S/C22H20ClF2N3O4/c23-12-6-15-21(28-22(27-15)32-17-8-31-19-16(29)7-30-20(17)19)26-14(12)4-10-2-1-9-3-11(24)5-13(25)18(9)10/h3,5-6,10,16-17,19-20,29H,1-2,4,7-8H2,(H,26,27,28)/t10-,16-,17-,19-,20-/m1/s1. The third-order valence-electron chi connectivity index (χ3n) is 6.51. The van der Waals surface area contributed by atoms with Gasteiger partial charge in [-0.05, 0) is 48.4 Å². The molecular formula is C22H20ClF2N3O4. The predicted molar refractivity (Wildman–Crippen MR) is 110 cm³/mol. The van der Waals surface area contributed by atoms with Crippen LogP contribution in [0.25, 0.3) is 11.2 Å². The van der Waals surface area contributed by atoms with E-state index in [1.54, 1.807) is 6.07 Å². The second-order valence-electron chi connectivity index (χ2n) is 8.55. The maximum absolute atomic E-state index is 14.4. The highest BCUT2D eigenvalue weighted by molar-refractivity contribution is 6.31. The van der Waals surface area contributed by atoms with E-state index in [-0.39, 0.29) is 31.2 Å². The average molecular weight is 464 g/mol. The van der Waals surface area contributed by atoms with Crippen molar-refractivity contribution >= 4 is 22.8 Å². The van der Waals surface area contributed by atoms with Gasteiger partial charge in [0.15, 0.2) is 11.8 Å². The van der Waals surface area contributed by atoms with Gasteiger partial charge in [0, 0.05) is 6.07 Å². The molecule has 2 aromatic heterocycles. The number of benzene rings is 1. The number of H-pyrrole nitrogens is 1. The van der Waals surface area contributed by atoms with E-state index < -0.39 is 29.9 Å². The molecule has 2 saturated heterocycles. The zero-order valence-corrected chi connectivity index (χ0v) is 17.6. The molecule has 0 unspecified atom stereocenters. The molecule has 1 aliphatic carbocycles. The van der Waals surface area contributed by atoms with Gasteiger partial charge in [0.25, 0.3) is 6.01 Å². The summed E-state index contributed by atoms with van der Waals surface area (Å²) in [5, 5.41) is 10.3. The van der Waals surface area contributed by atoms with Crippen molar-refractivity contribution < 1.29 is 28.1 Å². The summed E-state index contributed by atoms with van der Waals surface area (Å²) in [6.45, 7) is 0.503. The van der Waals surface area contributed by atoms with E-state index >= 15 is 0 Å². The van der Waals surface area contributed by atoms with Crippen molar-refractivity contribution in [2.75, 3.05) is 13.2 Å². The Kier molecular flexibility index (Phi) is 4.83. The van der Waals surface area contributed by atoms with Gasteiger partial charge in [0.2, 0.25) is 0 Å². The number of nitrogens with zero attached hydrogens (tertiary/aromatic N) is 2. The van der Waals surface area contributed by atoms with Gasteiger partial charge >= 0.3 is 0 Å². The number of aryl methyl sites for hydroxylation is 1. The number of nitrogens with one attached hydrogen (secondary N) is 1. The molecule has 0 amide bonds. The zero-order valence-electron chi connectivity index (χ0n) is 16.9. The number of hydrogen-bond donors (Lipinski definition) is 2. The molecule has 0 saturated carbocycles. The molecule has 32 heavy (non-hydrogen) atoms. The number of aromatic amines is 1. The number of halogens is 3. The van der Waals surface area contributed by atoms with Crippen molar-refractivity contribution in [1.82, 2.24) is 15.0 Å². The Morgan fingerprint density at radius 3 is 2.88 bits per heavy atom. The van der Waals surface area contributed by atoms with Crippen LogP contribution in [0.5, 0.6) is 6.01 Å². The fraction of sp³-hybridized carbons (Fsp3) is 0.455. The van der Waals surface area contributed by atoms with Gasteiger partial charge in [-0.1, -0.05) is 11.6 Å². The molecule has 1 aromatic carbocycles. The van der Waals surface area contributed by atoms with E-state index in [0.29, 0.717) is 52.3 Å². The minimum Gasteiger partial charge on any atom is -0.456 e. The molecule has 5 atom stereocenters. The molecular weight excluding hydrogens is 444 g/mol. The SMILES string of the molecule is O[C@@H]1CO[C@H]2[C@@H]1OC[C@H]2Oc1nc2nc(C[C@H]3CCc4cc(F)cc(F)c43)c(Cl)cc2[nH]1. The van der Waals surface area contributed by atoms with Gasteiger partial charge in [0.1, 0.15) is 29.9 Å². The highest BCUT2D eigenvalue weighted by Crippen LogP contribution is 2.39. The Morgan fingerprint density at radius 1 is 1.16 bits per heavy atom. The van der Waals surface area contributed by atoms with Crippen LogP contribution in [0.2, 0.25) is 5.02 Å². The second kappa shape index (κ2) is 7.62. The summed E-state index contributed by atoms with van der Waals surface area (Å²) in [6.07, 6.45) is -0.0486. The van der Waals surface area contributed by atoms with Crippen LogP contribution in [0, 0.1) is 11.6 Å². The molecule has 2 fully saturated rings. The normalized spacial score (nSPS) is 28.9. The van der Waals surface area contributed by atoms with Crippen LogP contribution in [0.15, 0.2) is 18.2 Å². The fourth-order valence-corrected chi connectivity index (χ4v) is 5.26. The van der Waals surface area contributed by atoms with E-state index in [9.17, 15) is 13.9 Å². The van der Waals surface area contributed by atoms with Crippen molar-refractivity contribution in [3.05, 3.63) is 51.7 Å². The van der Waals surface area contributed by atoms with Crippen LogP contribution in [0.3, 0.4) is 0 Å². The molecule has 3 aliphatic rings. The smallest absolute Gasteiger partial charge is 0.296 e. The van der Waals surface area contributed by atoms with E-state index in [4.69, 9.17) is 25.8 Å². The highest BCUT2D eigenvalue weighted by Gasteiger charge is 2.48. The van der Waals surface area contributed by atoms with Crippen LogP contribution in [0.4, 0.5) is 8.78 Å². The number of aliphatic hydroxyl groups is 1. The lowest BCUT2D eigenvalue weighted by molar-refractivity contribution is 0.00706. The first-order valence-corrected chi connectivity index (χ1v) is 10.9. The molecule has 4 heterocycles. The number of aromatic nitrogens is 3. The van der Waals surface area contributed by atoms with Crippen LogP contribution in [-0.4, -0.2) is 57.7 Å². The lowest BCUT2D eigenvalue weighted by atomic mass is 9.95. The van der Waals surface area contributed by atoms with Crippen molar-refractivity contribution in [1.29, 1.82) is 0 Å². The first-order chi connectivity index (χ1) is 15.5. The van der Waals surface area contributed by atoms with E-state index in [1.807, 2.05) is 0 Å². The van der Waals surface area contributed by atoms with Gasteiger partial charge in [-0.15, -0.1) is 0 Å². The fourth-order valence-electron chi connectivity index (χ4n) is 5.03. The Morgan fingerprint density at radius 2 is 2.00 bits per heavy atom. The van der Waals surface area contributed by atoms with Gasteiger partial charge in [-0.25, -0.2) is 13.8 Å². The lowest BCUT2D eigenvalue weighted by Crippen LogP contribution is -2.34. The van der Waals surface area contributed by atoms with Gasteiger partial charge in [-0.2, -0.15) is 4.98 Å². The third-order valence-corrected chi connectivity index (χ3v) is 6.84. The van der Waals surface area contributed by atoms with Crippen molar-refractivity contribution in [3.8, 4) is 6.01 Å². The quantitative estimate of drug-likeness (QED) is 0.618. The summed E-state index contributed by atoms with van der Waals surface area (Å²) in [5.74, 6) is -1.20. The number of imidazole rings is 1. The summed E-state index contributed by atoms with van der Waals surface area (Å²) < 4.78 is 45.0. The molecule has 3 aromatic rings. The number of fused-ring (bicyclic) bond motifs is 3. The molecule has 6 rings (SSSR count). The Labute approximate surface area is 186 Å². The minimum absolute atomic E-state index is 0.124. The summed E-state index contributed by atoms with van der Waals surface area (Å²) >= 11 is 6.47. The van der Waals surface area contributed by atoms with E-state index in [2.05, 4.69) is 15.0 Å². The second-order valence-corrected chi connectivity index (χ2v) is 8.96.